The number of halogens is 2. The van der Waals surface area contributed by atoms with Crippen LogP contribution in [0, 0.1) is 5.41 Å². The number of ether oxygens (including phenoxy) is 1. The van der Waals surface area contributed by atoms with Crippen LogP contribution in [0.5, 0.6) is 0 Å². The molecular weight excluding hydrogens is 373 g/mol. The molecule has 2 heterocycles. The fourth-order valence-electron chi connectivity index (χ4n) is 3.95. The lowest BCUT2D eigenvalue weighted by Crippen LogP contribution is -2.55. The zero-order valence-corrected chi connectivity index (χ0v) is 17.1. The molecule has 5 nitrogen and oxygen atoms in total. The number of para-hydroxylation sites is 1. The van der Waals surface area contributed by atoms with E-state index in [9.17, 15) is 4.79 Å². The fourth-order valence-corrected chi connectivity index (χ4v) is 3.95. The number of amides is 1. The number of rotatable bonds is 4. The molecule has 0 aliphatic carbocycles. The average molecular weight is 404 g/mol. The summed E-state index contributed by atoms with van der Waals surface area (Å²) >= 11 is 0. The Morgan fingerprint density at radius 1 is 1.27 bits per heavy atom. The highest BCUT2D eigenvalue weighted by Gasteiger charge is 2.42. The molecule has 26 heavy (non-hydrogen) atoms. The van der Waals surface area contributed by atoms with Crippen molar-refractivity contribution >= 4 is 36.4 Å². The van der Waals surface area contributed by atoms with Gasteiger partial charge in [-0.3, -0.25) is 4.79 Å². The minimum absolute atomic E-state index is 0. The Labute approximate surface area is 169 Å². The summed E-state index contributed by atoms with van der Waals surface area (Å²) in [6, 6.07) is 10.7. The average Bonchev–Trinajstić information content (AvgIpc) is 2.68. The van der Waals surface area contributed by atoms with E-state index in [1.807, 2.05) is 18.0 Å². The van der Waals surface area contributed by atoms with E-state index >= 15 is 0 Å². The first-order chi connectivity index (χ1) is 11.7. The molecule has 0 aromatic heterocycles. The minimum Gasteiger partial charge on any atom is -0.381 e. The van der Waals surface area contributed by atoms with Gasteiger partial charge in [0.15, 0.2) is 0 Å². The Hall–Kier alpha value is -1.01. The first kappa shape index (κ1) is 23.0. The second kappa shape index (κ2) is 10.4. The summed E-state index contributed by atoms with van der Waals surface area (Å²) in [5.41, 5.74) is 6.82. The zero-order chi connectivity index (χ0) is 17.0. The van der Waals surface area contributed by atoms with Gasteiger partial charge in [0.25, 0.3) is 0 Å². The second-order valence-electron chi connectivity index (χ2n) is 7.09. The summed E-state index contributed by atoms with van der Waals surface area (Å²) in [4.78, 5) is 17.5. The van der Waals surface area contributed by atoms with Crippen LogP contribution in [0.1, 0.15) is 25.7 Å². The normalized spacial score (nSPS) is 21.9. The van der Waals surface area contributed by atoms with Gasteiger partial charge in [0.2, 0.25) is 5.91 Å². The van der Waals surface area contributed by atoms with E-state index in [0.717, 1.165) is 38.8 Å². The molecule has 1 atom stereocenters. The highest BCUT2D eigenvalue weighted by atomic mass is 35.5. The molecule has 0 spiro atoms. The van der Waals surface area contributed by atoms with Crippen molar-refractivity contribution in [2.24, 2.45) is 11.1 Å². The summed E-state index contributed by atoms with van der Waals surface area (Å²) in [5.74, 6) is 0.202. The first-order valence-corrected chi connectivity index (χ1v) is 9.01. The van der Waals surface area contributed by atoms with Gasteiger partial charge >= 0.3 is 0 Å². The molecule has 0 saturated carbocycles. The van der Waals surface area contributed by atoms with Crippen molar-refractivity contribution in [3.05, 3.63) is 30.3 Å². The fraction of sp³-hybridized carbons (Fsp3) is 0.632. The predicted octanol–water partition coefficient (Wildman–Crippen LogP) is 2.71. The molecule has 3 rings (SSSR count). The van der Waals surface area contributed by atoms with Crippen LogP contribution in [0.2, 0.25) is 0 Å². The molecule has 2 aliphatic rings. The molecule has 2 N–H and O–H groups in total. The monoisotopic (exact) mass is 403 g/mol. The number of nitrogens with zero attached hydrogens (tertiary/aromatic N) is 2. The highest BCUT2D eigenvalue weighted by Crippen LogP contribution is 2.33. The maximum absolute atomic E-state index is 13.2. The number of carbonyl (C=O) groups is 1. The molecule has 1 amide bonds. The van der Waals surface area contributed by atoms with E-state index < -0.39 is 5.41 Å². The van der Waals surface area contributed by atoms with Crippen molar-refractivity contribution in [3.8, 4) is 0 Å². The molecule has 7 heteroatoms. The van der Waals surface area contributed by atoms with Crippen molar-refractivity contribution < 1.29 is 9.53 Å². The SMILES string of the molecule is CN(C(=O)C1(CN)CCOCC1)C1CCCN(c2ccccc2)C1.Cl.Cl. The molecule has 2 fully saturated rings. The van der Waals surface area contributed by atoms with Gasteiger partial charge in [-0.2, -0.15) is 0 Å². The van der Waals surface area contributed by atoms with Crippen molar-refractivity contribution in [3.63, 3.8) is 0 Å². The summed E-state index contributed by atoms with van der Waals surface area (Å²) in [7, 11) is 1.95. The minimum atomic E-state index is -0.429. The third kappa shape index (κ3) is 4.83. The van der Waals surface area contributed by atoms with Crippen LogP contribution in [-0.2, 0) is 9.53 Å². The van der Waals surface area contributed by atoms with Gasteiger partial charge in [-0.1, -0.05) is 18.2 Å². The summed E-state index contributed by atoms with van der Waals surface area (Å²) in [6.07, 6.45) is 3.64. The predicted molar refractivity (Wildman–Crippen MR) is 110 cm³/mol. The second-order valence-corrected chi connectivity index (χ2v) is 7.09. The van der Waals surface area contributed by atoms with E-state index in [2.05, 4.69) is 29.2 Å². The number of piperidine rings is 1. The highest BCUT2D eigenvalue weighted by molar-refractivity contribution is 5.85. The van der Waals surface area contributed by atoms with Crippen LogP contribution in [0.3, 0.4) is 0 Å². The lowest BCUT2D eigenvalue weighted by molar-refractivity contribution is -0.148. The van der Waals surface area contributed by atoms with Gasteiger partial charge in [0.1, 0.15) is 0 Å². The smallest absolute Gasteiger partial charge is 0.230 e. The topological polar surface area (TPSA) is 58.8 Å². The summed E-state index contributed by atoms with van der Waals surface area (Å²) in [5, 5.41) is 0. The van der Waals surface area contributed by atoms with Crippen molar-refractivity contribution in [2.45, 2.75) is 31.7 Å². The number of benzene rings is 1. The van der Waals surface area contributed by atoms with Crippen LogP contribution in [-0.4, -0.2) is 56.7 Å². The first-order valence-electron chi connectivity index (χ1n) is 9.01. The Kier molecular flexibility index (Phi) is 9.17. The largest absolute Gasteiger partial charge is 0.381 e. The molecule has 2 aliphatic heterocycles. The van der Waals surface area contributed by atoms with E-state index in [1.165, 1.54) is 5.69 Å². The number of hydrogen-bond acceptors (Lipinski definition) is 4. The molecular formula is C19H31Cl2N3O2. The maximum atomic E-state index is 13.2. The third-order valence-electron chi connectivity index (χ3n) is 5.68. The van der Waals surface area contributed by atoms with Crippen LogP contribution in [0.25, 0.3) is 0 Å². The lowest BCUT2D eigenvalue weighted by atomic mass is 9.78. The van der Waals surface area contributed by atoms with Crippen LogP contribution in [0.15, 0.2) is 30.3 Å². The van der Waals surface area contributed by atoms with Gasteiger partial charge in [-0.25, -0.2) is 0 Å². The number of nitrogens with two attached hydrogens (primary N) is 1. The number of hydrogen-bond donors (Lipinski definition) is 1. The summed E-state index contributed by atoms with van der Waals surface area (Å²) in [6.45, 7) is 3.63. The van der Waals surface area contributed by atoms with E-state index in [1.54, 1.807) is 0 Å². The molecule has 0 bridgehead atoms. The van der Waals surface area contributed by atoms with Gasteiger partial charge < -0.3 is 20.3 Å². The van der Waals surface area contributed by atoms with Gasteiger partial charge in [-0.05, 0) is 37.8 Å². The van der Waals surface area contributed by atoms with Gasteiger partial charge in [0.05, 0.1) is 5.41 Å². The van der Waals surface area contributed by atoms with Crippen molar-refractivity contribution in [2.75, 3.05) is 44.8 Å². The quantitative estimate of drug-likeness (QED) is 0.839. The Bertz CT molecular complexity index is 553. The third-order valence-corrected chi connectivity index (χ3v) is 5.68. The van der Waals surface area contributed by atoms with Crippen LogP contribution in [0.4, 0.5) is 5.69 Å². The molecule has 1 aromatic rings. The van der Waals surface area contributed by atoms with E-state index in [-0.39, 0.29) is 36.8 Å². The standard InChI is InChI=1S/C19H29N3O2.2ClH/c1-21(18(23)19(15-20)9-12-24-13-10-19)17-8-5-11-22(14-17)16-6-3-2-4-7-16;;/h2-4,6-7,17H,5,8-15,20H2,1H3;2*1H. The molecule has 2 saturated heterocycles. The Morgan fingerprint density at radius 3 is 2.54 bits per heavy atom. The number of anilines is 1. The van der Waals surface area contributed by atoms with Gasteiger partial charge in [0, 0.05) is 51.6 Å². The number of carbonyl (C=O) groups excluding carboxylic acids is 1. The molecule has 148 valence electrons. The van der Waals surface area contributed by atoms with Crippen molar-refractivity contribution in [1.29, 1.82) is 0 Å². The van der Waals surface area contributed by atoms with Gasteiger partial charge in [-0.15, -0.1) is 24.8 Å². The van der Waals surface area contributed by atoms with Crippen LogP contribution >= 0.6 is 24.8 Å². The molecule has 0 radical (unpaired) electrons. The van der Waals surface area contributed by atoms with Crippen LogP contribution < -0.4 is 10.6 Å². The molecule has 1 unspecified atom stereocenters. The maximum Gasteiger partial charge on any atom is 0.230 e. The zero-order valence-electron chi connectivity index (χ0n) is 15.4. The van der Waals surface area contributed by atoms with E-state index in [0.29, 0.717) is 19.8 Å². The summed E-state index contributed by atoms with van der Waals surface area (Å²) < 4.78 is 5.44. The van der Waals surface area contributed by atoms with E-state index in [4.69, 9.17) is 10.5 Å². The Morgan fingerprint density at radius 2 is 1.92 bits per heavy atom. The lowest BCUT2D eigenvalue weighted by Gasteiger charge is -2.43. The van der Waals surface area contributed by atoms with Crippen molar-refractivity contribution in [1.82, 2.24) is 4.90 Å². The number of likely N-dealkylation sites (N-methyl/N-ethyl adjacent to an activating group) is 1. The Balaban J connectivity index is 0.00000169. The molecule has 1 aromatic carbocycles.